The van der Waals surface area contributed by atoms with Crippen molar-refractivity contribution in [3.05, 3.63) is 29.3 Å². The van der Waals surface area contributed by atoms with Crippen LogP contribution in [-0.2, 0) is 10.9 Å². The number of alkyl halides is 3. The summed E-state index contributed by atoms with van der Waals surface area (Å²) in [6.45, 7) is 7.25. The van der Waals surface area contributed by atoms with Crippen molar-refractivity contribution in [2.24, 2.45) is 0 Å². The molecule has 1 rings (SSSR count). The SMILES string of the molecule is Cc1ccc(NCC(O)COC(C)(C)C)cc1C(F)(F)F. The third-order valence-electron chi connectivity index (χ3n) is 2.79. The molecule has 120 valence electrons. The number of nitrogens with one attached hydrogen (secondary N) is 1. The molecule has 3 nitrogen and oxygen atoms in total. The lowest BCUT2D eigenvalue weighted by Gasteiger charge is -2.22. The molecule has 0 aliphatic heterocycles. The molecule has 1 aromatic carbocycles. The molecule has 1 atom stereocenters. The fourth-order valence-electron chi connectivity index (χ4n) is 1.68. The number of halogens is 3. The number of anilines is 1. The zero-order valence-corrected chi connectivity index (χ0v) is 12.7. The molecule has 0 aromatic heterocycles. The van der Waals surface area contributed by atoms with Gasteiger partial charge in [0.1, 0.15) is 0 Å². The van der Waals surface area contributed by atoms with Crippen molar-refractivity contribution in [3.63, 3.8) is 0 Å². The van der Waals surface area contributed by atoms with Crippen LogP contribution in [0.5, 0.6) is 0 Å². The fraction of sp³-hybridized carbons (Fsp3) is 0.600. The first-order valence-electron chi connectivity index (χ1n) is 6.73. The van der Waals surface area contributed by atoms with E-state index < -0.39 is 17.8 Å². The van der Waals surface area contributed by atoms with E-state index in [1.165, 1.54) is 13.0 Å². The summed E-state index contributed by atoms with van der Waals surface area (Å²) in [7, 11) is 0. The molecule has 1 aromatic rings. The summed E-state index contributed by atoms with van der Waals surface area (Å²) in [4.78, 5) is 0. The second-order valence-corrected chi connectivity index (χ2v) is 5.99. The van der Waals surface area contributed by atoms with E-state index >= 15 is 0 Å². The first-order chi connectivity index (χ1) is 9.49. The average Bonchev–Trinajstić information content (AvgIpc) is 2.33. The number of hydrogen-bond acceptors (Lipinski definition) is 3. The zero-order valence-electron chi connectivity index (χ0n) is 12.7. The Labute approximate surface area is 123 Å². The van der Waals surface area contributed by atoms with Gasteiger partial charge >= 0.3 is 6.18 Å². The van der Waals surface area contributed by atoms with E-state index in [1.54, 1.807) is 6.07 Å². The van der Waals surface area contributed by atoms with Gasteiger partial charge in [0.15, 0.2) is 0 Å². The van der Waals surface area contributed by atoms with E-state index in [4.69, 9.17) is 4.74 Å². The van der Waals surface area contributed by atoms with E-state index in [0.717, 1.165) is 6.07 Å². The van der Waals surface area contributed by atoms with Crippen LogP contribution in [0.2, 0.25) is 0 Å². The Kier molecular flexibility index (Phi) is 5.64. The molecule has 0 saturated heterocycles. The first-order valence-corrected chi connectivity index (χ1v) is 6.73. The Balaban J connectivity index is 2.60. The number of hydrogen-bond donors (Lipinski definition) is 2. The highest BCUT2D eigenvalue weighted by Crippen LogP contribution is 2.33. The van der Waals surface area contributed by atoms with Crippen LogP contribution in [0.4, 0.5) is 18.9 Å². The molecule has 0 radical (unpaired) electrons. The quantitative estimate of drug-likeness (QED) is 0.873. The van der Waals surface area contributed by atoms with Gasteiger partial charge in [0.25, 0.3) is 0 Å². The Morgan fingerprint density at radius 2 is 1.86 bits per heavy atom. The number of aliphatic hydroxyl groups is 1. The smallest absolute Gasteiger partial charge is 0.389 e. The van der Waals surface area contributed by atoms with E-state index in [2.05, 4.69) is 5.32 Å². The summed E-state index contributed by atoms with van der Waals surface area (Å²) < 4.78 is 43.8. The predicted molar refractivity (Wildman–Crippen MR) is 76.4 cm³/mol. The van der Waals surface area contributed by atoms with Crippen molar-refractivity contribution in [1.29, 1.82) is 0 Å². The predicted octanol–water partition coefficient (Wildman–Crippen LogP) is 3.60. The number of rotatable bonds is 5. The highest BCUT2D eigenvalue weighted by Gasteiger charge is 2.32. The largest absolute Gasteiger partial charge is 0.416 e. The van der Waals surface area contributed by atoms with Crippen molar-refractivity contribution in [2.45, 2.75) is 45.6 Å². The fourth-order valence-corrected chi connectivity index (χ4v) is 1.68. The van der Waals surface area contributed by atoms with Crippen molar-refractivity contribution in [3.8, 4) is 0 Å². The summed E-state index contributed by atoms with van der Waals surface area (Å²) in [6, 6.07) is 4.01. The number of benzene rings is 1. The van der Waals surface area contributed by atoms with Crippen LogP contribution in [-0.4, -0.2) is 30.0 Å². The molecule has 1 unspecified atom stereocenters. The summed E-state index contributed by atoms with van der Waals surface area (Å²) in [5.74, 6) is 0. The Morgan fingerprint density at radius 1 is 1.24 bits per heavy atom. The van der Waals surface area contributed by atoms with E-state index in [9.17, 15) is 18.3 Å². The first kappa shape index (κ1) is 17.8. The molecule has 0 bridgehead atoms. The minimum absolute atomic E-state index is 0.120. The van der Waals surface area contributed by atoms with Crippen LogP contribution in [0.3, 0.4) is 0 Å². The number of aryl methyl sites for hydroxylation is 1. The Hall–Kier alpha value is -1.27. The molecule has 0 amide bonds. The monoisotopic (exact) mass is 305 g/mol. The van der Waals surface area contributed by atoms with Gasteiger partial charge in [-0.15, -0.1) is 0 Å². The van der Waals surface area contributed by atoms with Crippen LogP contribution in [0.25, 0.3) is 0 Å². The maximum Gasteiger partial charge on any atom is 0.416 e. The van der Waals surface area contributed by atoms with Crippen LogP contribution in [0.1, 0.15) is 31.9 Å². The molecular weight excluding hydrogens is 283 g/mol. The van der Waals surface area contributed by atoms with Gasteiger partial charge in [-0.05, 0) is 45.4 Å². The van der Waals surface area contributed by atoms with E-state index in [0.29, 0.717) is 5.69 Å². The van der Waals surface area contributed by atoms with Gasteiger partial charge in [0.2, 0.25) is 0 Å². The van der Waals surface area contributed by atoms with Crippen LogP contribution in [0, 0.1) is 6.92 Å². The van der Waals surface area contributed by atoms with Crippen LogP contribution in [0.15, 0.2) is 18.2 Å². The van der Waals surface area contributed by atoms with Gasteiger partial charge in [-0.2, -0.15) is 13.2 Å². The zero-order chi connectivity index (χ0) is 16.3. The second kappa shape index (κ2) is 6.66. The second-order valence-electron chi connectivity index (χ2n) is 5.99. The molecule has 0 aliphatic carbocycles. The highest BCUT2D eigenvalue weighted by molar-refractivity contribution is 5.49. The van der Waals surface area contributed by atoms with Crippen molar-refractivity contribution in [1.82, 2.24) is 0 Å². The minimum Gasteiger partial charge on any atom is -0.389 e. The van der Waals surface area contributed by atoms with Gasteiger partial charge in [0, 0.05) is 12.2 Å². The molecule has 0 spiro atoms. The summed E-state index contributed by atoms with van der Waals surface area (Å²) in [5, 5.41) is 12.5. The number of ether oxygens (including phenoxy) is 1. The lowest BCUT2D eigenvalue weighted by atomic mass is 10.1. The lowest BCUT2D eigenvalue weighted by Crippen LogP contribution is -2.30. The molecule has 0 heterocycles. The molecule has 2 N–H and O–H groups in total. The molecular formula is C15H22F3NO2. The van der Waals surface area contributed by atoms with Crippen molar-refractivity contribution < 1.29 is 23.0 Å². The van der Waals surface area contributed by atoms with Crippen molar-refractivity contribution >= 4 is 5.69 Å². The Morgan fingerprint density at radius 3 is 2.38 bits per heavy atom. The van der Waals surface area contributed by atoms with Crippen LogP contribution < -0.4 is 5.32 Å². The topological polar surface area (TPSA) is 41.5 Å². The normalized spacial score (nSPS) is 14.1. The summed E-state index contributed by atoms with van der Waals surface area (Å²) in [5.41, 5.74) is -0.547. The Bertz CT molecular complexity index is 467. The van der Waals surface area contributed by atoms with Crippen molar-refractivity contribution in [2.75, 3.05) is 18.5 Å². The van der Waals surface area contributed by atoms with Crippen LogP contribution >= 0.6 is 0 Å². The standard InChI is InChI=1S/C15H22F3NO2/c1-10-5-6-11(7-13(10)15(16,17)18)19-8-12(20)9-21-14(2,3)4/h5-7,12,19-20H,8-9H2,1-4H3. The average molecular weight is 305 g/mol. The molecule has 21 heavy (non-hydrogen) atoms. The lowest BCUT2D eigenvalue weighted by molar-refractivity contribution is -0.138. The molecule has 6 heteroatoms. The van der Waals surface area contributed by atoms with Gasteiger partial charge in [-0.25, -0.2) is 0 Å². The van der Waals surface area contributed by atoms with Gasteiger partial charge in [-0.1, -0.05) is 6.07 Å². The van der Waals surface area contributed by atoms with Gasteiger partial charge in [0.05, 0.1) is 23.9 Å². The molecule has 0 saturated carbocycles. The number of aliphatic hydroxyl groups excluding tert-OH is 1. The van der Waals surface area contributed by atoms with E-state index in [1.807, 2.05) is 20.8 Å². The minimum atomic E-state index is -4.38. The molecule has 0 fully saturated rings. The third kappa shape index (κ3) is 6.35. The van der Waals surface area contributed by atoms with Gasteiger partial charge in [-0.3, -0.25) is 0 Å². The highest BCUT2D eigenvalue weighted by atomic mass is 19.4. The van der Waals surface area contributed by atoms with E-state index in [-0.39, 0.29) is 24.3 Å². The maximum atomic E-state index is 12.8. The summed E-state index contributed by atoms with van der Waals surface area (Å²) in [6.07, 6.45) is -5.17. The molecule has 0 aliphatic rings. The van der Waals surface area contributed by atoms with Gasteiger partial charge < -0.3 is 15.2 Å². The summed E-state index contributed by atoms with van der Waals surface area (Å²) >= 11 is 0. The maximum absolute atomic E-state index is 12.8. The third-order valence-corrected chi connectivity index (χ3v) is 2.79.